The normalized spacial score (nSPS) is 10.4. The summed E-state index contributed by atoms with van der Waals surface area (Å²) in [5.74, 6) is -0.522. The average Bonchev–Trinajstić information content (AvgIpc) is 2.89. The van der Waals surface area contributed by atoms with Gasteiger partial charge in [-0.2, -0.15) is 0 Å². The Balaban J connectivity index is 1.46. The van der Waals surface area contributed by atoms with E-state index in [0.29, 0.717) is 18.7 Å². The fraction of sp³-hybridized carbons (Fsp3) is 0.111. The van der Waals surface area contributed by atoms with Crippen LogP contribution in [0.5, 0.6) is 0 Å². The molecule has 0 saturated heterocycles. The van der Waals surface area contributed by atoms with Gasteiger partial charge < -0.3 is 10.2 Å². The second-order valence-corrected chi connectivity index (χ2v) is 7.56. The van der Waals surface area contributed by atoms with Gasteiger partial charge in [-0.3, -0.25) is 19.6 Å². The standard InChI is InChI=1S/C27H24N4O2/c32-26(18-30-27(33)24-9-6-15-28-17-24)31(20-25-10-4-5-16-29-25)19-21-11-13-23(14-12-21)22-7-2-1-3-8-22/h1-17H,18-20H2,(H,30,33). The second kappa shape index (κ2) is 10.8. The molecule has 2 aromatic heterocycles. The number of pyridine rings is 2. The van der Waals surface area contributed by atoms with E-state index in [1.165, 1.54) is 6.20 Å². The van der Waals surface area contributed by atoms with Gasteiger partial charge in [0.25, 0.3) is 5.91 Å². The Morgan fingerprint density at radius 2 is 1.52 bits per heavy atom. The van der Waals surface area contributed by atoms with Crippen molar-refractivity contribution in [2.75, 3.05) is 6.54 Å². The zero-order valence-electron chi connectivity index (χ0n) is 18.1. The molecule has 0 saturated carbocycles. The van der Waals surface area contributed by atoms with E-state index in [1.807, 2.05) is 48.5 Å². The lowest BCUT2D eigenvalue weighted by Crippen LogP contribution is -2.39. The highest BCUT2D eigenvalue weighted by atomic mass is 16.2. The summed E-state index contributed by atoms with van der Waals surface area (Å²) >= 11 is 0. The first-order valence-electron chi connectivity index (χ1n) is 10.7. The Bertz CT molecular complexity index is 1180. The topological polar surface area (TPSA) is 75.2 Å². The van der Waals surface area contributed by atoms with Gasteiger partial charge in [-0.25, -0.2) is 0 Å². The number of carbonyl (C=O) groups is 2. The van der Waals surface area contributed by atoms with Gasteiger partial charge >= 0.3 is 0 Å². The maximum absolute atomic E-state index is 13.0. The molecule has 2 aromatic carbocycles. The minimum Gasteiger partial charge on any atom is -0.343 e. The van der Waals surface area contributed by atoms with Crippen LogP contribution in [-0.2, 0) is 17.9 Å². The third kappa shape index (κ3) is 6.11. The van der Waals surface area contributed by atoms with Crippen molar-refractivity contribution in [1.29, 1.82) is 0 Å². The number of hydrogen-bond acceptors (Lipinski definition) is 4. The first-order chi connectivity index (χ1) is 16.2. The molecule has 0 aliphatic heterocycles. The second-order valence-electron chi connectivity index (χ2n) is 7.56. The highest BCUT2D eigenvalue weighted by Crippen LogP contribution is 2.20. The molecular formula is C27H24N4O2. The van der Waals surface area contributed by atoms with Crippen LogP contribution >= 0.6 is 0 Å². The summed E-state index contributed by atoms with van der Waals surface area (Å²) in [4.78, 5) is 35.4. The molecule has 0 bridgehead atoms. The van der Waals surface area contributed by atoms with Crippen LogP contribution < -0.4 is 5.32 Å². The molecule has 6 nitrogen and oxygen atoms in total. The van der Waals surface area contributed by atoms with Gasteiger partial charge in [0.2, 0.25) is 5.91 Å². The van der Waals surface area contributed by atoms with Crippen LogP contribution in [0.4, 0.5) is 0 Å². The molecule has 0 spiro atoms. The molecular weight excluding hydrogens is 412 g/mol. The third-order valence-electron chi connectivity index (χ3n) is 5.19. The molecule has 2 amide bonds. The third-order valence-corrected chi connectivity index (χ3v) is 5.19. The molecule has 0 radical (unpaired) electrons. The van der Waals surface area contributed by atoms with Crippen LogP contribution in [0.15, 0.2) is 104 Å². The molecule has 0 fully saturated rings. The van der Waals surface area contributed by atoms with E-state index >= 15 is 0 Å². The highest BCUT2D eigenvalue weighted by molar-refractivity contribution is 5.96. The van der Waals surface area contributed by atoms with E-state index in [1.54, 1.807) is 29.4 Å². The maximum atomic E-state index is 13.0. The zero-order valence-corrected chi connectivity index (χ0v) is 18.1. The molecule has 0 unspecified atom stereocenters. The first kappa shape index (κ1) is 21.9. The summed E-state index contributed by atoms with van der Waals surface area (Å²) in [5.41, 5.74) is 4.45. The van der Waals surface area contributed by atoms with Crippen molar-refractivity contribution >= 4 is 11.8 Å². The number of aromatic nitrogens is 2. The summed E-state index contributed by atoms with van der Waals surface area (Å²) < 4.78 is 0. The van der Waals surface area contributed by atoms with E-state index in [2.05, 4.69) is 39.6 Å². The lowest BCUT2D eigenvalue weighted by molar-refractivity contribution is -0.131. The first-order valence-corrected chi connectivity index (χ1v) is 10.7. The van der Waals surface area contributed by atoms with Gasteiger partial charge in [0.05, 0.1) is 24.3 Å². The van der Waals surface area contributed by atoms with Crippen LogP contribution in [0, 0.1) is 0 Å². The van der Waals surface area contributed by atoms with Crippen molar-refractivity contribution in [3.05, 3.63) is 120 Å². The summed E-state index contributed by atoms with van der Waals surface area (Å²) in [7, 11) is 0. The molecule has 6 heteroatoms. The van der Waals surface area contributed by atoms with Crippen molar-refractivity contribution in [3.8, 4) is 11.1 Å². The molecule has 33 heavy (non-hydrogen) atoms. The smallest absolute Gasteiger partial charge is 0.253 e. The number of rotatable bonds is 8. The Morgan fingerprint density at radius 1 is 0.758 bits per heavy atom. The number of amides is 2. The van der Waals surface area contributed by atoms with Crippen LogP contribution in [-0.4, -0.2) is 33.2 Å². The summed E-state index contributed by atoms with van der Waals surface area (Å²) in [6, 6.07) is 27.3. The number of nitrogens with zero attached hydrogens (tertiary/aromatic N) is 3. The zero-order chi connectivity index (χ0) is 22.9. The van der Waals surface area contributed by atoms with Crippen molar-refractivity contribution in [2.24, 2.45) is 0 Å². The van der Waals surface area contributed by atoms with Crippen LogP contribution in [0.1, 0.15) is 21.6 Å². The van der Waals surface area contributed by atoms with Crippen LogP contribution in [0.25, 0.3) is 11.1 Å². The van der Waals surface area contributed by atoms with E-state index < -0.39 is 0 Å². The van der Waals surface area contributed by atoms with Crippen LogP contribution in [0.2, 0.25) is 0 Å². The minimum atomic E-state index is -0.332. The summed E-state index contributed by atoms with van der Waals surface area (Å²) in [6.07, 6.45) is 4.77. The number of carbonyl (C=O) groups excluding carboxylic acids is 2. The fourth-order valence-corrected chi connectivity index (χ4v) is 3.44. The maximum Gasteiger partial charge on any atom is 0.253 e. The van der Waals surface area contributed by atoms with E-state index in [9.17, 15) is 9.59 Å². The van der Waals surface area contributed by atoms with Crippen molar-refractivity contribution < 1.29 is 9.59 Å². The largest absolute Gasteiger partial charge is 0.343 e. The molecule has 2 heterocycles. The van der Waals surface area contributed by atoms with E-state index in [0.717, 1.165) is 22.4 Å². The summed E-state index contributed by atoms with van der Waals surface area (Å²) in [5, 5.41) is 2.69. The summed E-state index contributed by atoms with van der Waals surface area (Å²) in [6.45, 7) is 0.652. The SMILES string of the molecule is O=C(NCC(=O)N(Cc1ccc(-c2ccccc2)cc1)Cc1ccccn1)c1cccnc1. The lowest BCUT2D eigenvalue weighted by atomic mass is 10.0. The monoisotopic (exact) mass is 436 g/mol. The average molecular weight is 437 g/mol. The molecule has 4 rings (SSSR count). The Hall–Kier alpha value is -4.32. The fourth-order valence-electron chi connectivity index (χ4n) is 3.44. The van der Waals surface area contributed by atoms with Crippen molar-refractivity contribution in [1.82, 2.24) is 20.2 Å². The number of nitrogens with one attached hydrogen (secondary N) is 1. The molecule has 0 aliphatic rings. The van der Waals surface area contributed by atoms with Gasteiger partial charge in [0.15, 0.2) is 0 Å². The quantitative estimate of drug-likeness (QED) is 0.451. The van der Waals surface area contributed by atoms with Gasteiger partial charge in [-0.1, -0.05) is 60.7 Å². The van der Waals surface area contributed by atoms with Crippen molar-refractivity contribution in [2.45, 2.75) is 13.1 Å². The molecule has 1 N–H and O–H groups in total. The predicted molar refractivity (Wildman–Crippen MR) is 127 cm³/mol. The molecule has 164 valence electrons. The number of benzene rings is 2. The van der Waals surface area contributed by atoms with Gasteiger partial charge in [0.1, 0.15) is 0 Å². The lowest BCUT2D eigenvalue weighted by Gasteiger charge is -2.23. The van der Waals surface area contributed by atoms with Gasteiger partial charge in [-0.15, -0.1) is 0 Å². The highest BCUT2D eigenvalue weighted by Gasteiger charge is 2.17. The van der Waals surface area contributed by atoms with E-state index in [-0.39, 0.29) is 18.4 Å². The molecule has 4 aromatic rings. The Labute approximate surface area is 192 Å². The minimum absolute atomic E-state index is 0.108. The van der Waals surface area contributed by atoms with Crippen LogP contribution in [0.3, 0.4) is 0 Å². The van der Waals surface area contributed by atoms with E-state index in [4.69, 9.17) is 0 Å². The Kier molecular flexibility index (Phi) is 7.18. The predicted octanol–water partition coefficient (Wildman–Crippen LogP) is 4.10. The van der Waals surface area contributed by atoms with Gasteiger partial charge in [0, 0.05) is 25.1 Å². The Morgan fingerprint density at radius 3 is 2.21 bits per heavy atom. The van der Waals surface area contributed by atoms with Crippen molar-refractivity contribution in [3.63, 3.8) is 0 Å². The van der Waals surface area contributed by atoms with Gasteiger partial charge in [-0.05, 0) is 41.0 Å². The molecule has 0 aliphatic carbocycles. The number of hydrogen-bond donors (Lipinski definition) is 1. The molecule has 0 atom stereocenters.